The van der Waals surface area contributed by atoms with Gasteiger partial charge >= 0.3 is 12.2 Å². The van der Waals surface area contributed by atoms with E-state index in [-0.39, 0.29) is 51.6 Å². The van der Waals surface area contributed by atoms with Gasteiger partial charge in [0.2, 0.25) is 5.91 Å². The summed E-state index contributed by atoms with van der Waals surface area (Å²) in [4.78, 5) is 40.4. The number of hydrogen-bond donors (Lipinski definition) is 1. The third-order valence-electron chi connectivity index (χ3n) is 9.94. The standard InChI is InChI=1S/C33H36F4N10O2S/c1-18-14-22(38)41-28(25(18)33(35,36)37)29-26(34)27-21(15-39-29)30(43-31(42-27)49-17-32-9-4-11-47(32)12-5-10-32)45(3)20-8-13-46(16-20)24(48)7-6-23-40-19(2)44-50-23/h6-7,14-15,20H,4-5,8-13,16-17H2,1-3H3,(H2,38,41)/b7-6+. The lowest BCUT2D eigenvalue weighted by molar-refractivity contribution is -0.137. The average molecular weight is 713 g/mol. The highest BCUT2D eigenvalue weighted by Gasteiger charge is 2.45. The molecule has 3 aliphatic rings. The van der Waals surface area contributed by atoms with Crippen LogP contribution in [0.15, 0.2) is 18.3 Å². The number of nitrogens with zero attached hydrogens (tertiary/aromatic N) is 9. The number of nitrogens with two attached hydrogens (primary N) is 1. The Balaban J connectivity index is 1.25. The van der Waals surface area contributed by atoms with Crippen molar-refractivity contribution in [3.63, 3.8) is 0 Å². The number of nitrogen functional groups attached to an aromatic ring is 1. The molecule has 0 spiro atoms. The molecule has 17 heteroatoms. The summed E-state index contributed by atoms with van der Waals surface area (Å²) in [5.74, 6) is -0.585. The van der Waals surface area contributed by atoms with E-state index in [0.29, 0.717) is 36.9 Å². The number of fused-ring (bicyclic) bond motifs is 2. The minimum atomic E-state index is -4.85. The van der Waals surface area contributed by atoms with Crippen molar-refractivity contribution in [3.8, 4) is 17.4 Å². The fourth-order valence-electron chi connectivity index (χ4n) is 7.47. The average Bonchev–Trinajstić information content (AvgIpc) is 3.86. The predicted molar refractivity (Wildman–Crippen MR) is 180 cm³/mol. The molecule has 2 N–H and O–H groups in total. The van der Waals surface area contributed by atoms with Crippen molar-refractivity contribution >= 4 is 46.1 Å². The van der Waals surface area contributed by atoms with Gasteiger partial charge in [0.05, 0.1) is 16.5 Å². The van der Waals surface area contributed by atoms with Crippen LogP contribution >= 0.6 is 11.5 Å². The highest BCUT2D eigenvalue weighted by atomic mass is 32.1. The maximum Gasteiger partial charge on any atom is 0.418 e. The van der Waals surface area contributed by atoms with Crippen LogP contribution in [0.25, 0.3) is 28.4 Å². The molecule has 0 aliphatic carbocycles. The monoisotopic (exact) mass is 712 g/mol. The van der Waals surface area contributed by atoms with Crippen LogP contribution in [0.3, 0.4) is 0 Å². The van der Waals surface area contributed by atoms with Crippen LogP contribution in [0, 0.1) is 19.7 Å². The van der Waals surface area contributed by atoms with Crippen molar-refractivity contribution in [2.24, 2.45) is 0 Å². The molecule has 4 aromatic heterocycles. The lowest BCUT2D eigenvalue weighted by Gasteiger charge is -2.31. The third kappa shape index (κ3) is 6.32. The maximum absolute atomic E-state index is 16.6. The van der Waals surface area contributed by atoms with Gasteiger partial charge in [-0.1, -0.05) is 0 Å². The fourth-order valence-corrected chi connectivity index (χ4v) is 8.04. The summed E-state index contributed by atoms with van der Waals surface area (Å²) >= 11 is 1.20. The number of halogens is 4. The zero-order chi connectivity index (χ0) is 35.4. The molecule has 1 atom stereocenters. The van der Waals surface area contributed by atoms with E-state index in [1.165, 1.54) is 30.7 Å². The Labute approximate surface area is 289 Å². The molecule has 0 radical (unpaired) electrons. The van der Waals surface area contributed by atoms with Gasteiger partial charge in [-0.2, -0.15) is 27.5 Å². The minimum absolute atomic E-state index is 0.0995. The molecule has 4 aromatic rings. The van der Waals surface area contributed by atoms with E-state index in [9.17, 15) is 18.0 Å². The van der Waals surface area contributed by atoms with Crippen molar-refractivity contribution in [1.82, 2.24) is 39.1 Å². The molecule has 0 aromatic carbocycles. The smallest absolute Gasteiger partial charge is 0.418 e. The van der Waals surface area contributed by atoms with Gasteiger partial charge in [0, 0.05) is 38.5 Å². The Morgan fingerprint density at radius 3 is 2.60 bits per heavy atom. The van der Waals surface area contributed by atoms with Crippen molar-refractivity contribution in [2.45, 2.75) is 63.7 Å². The third-order valence-corrected chi connectivity index (χ3v) is 10.7. The van der Waals surface area contributed by atoms with Gasteiger partial charge in [0.15, 0.2) is 5.82 Å². The number of alkyl halides is 3. The number of carbonyl (C=O) groups excluding carboxylic acids is 1. The fraction of sp³-hybridized carbons (Fsp3) is 0.485. The van der Waals surface area contributed by atoms with Gasteiger partial charge in [-0.05, 0) is 88.3 Å². The molecule has 1 amide bonds. The lowest BCUT2D eigenvalue weighted by atomic mass is 9.95. The van der Waals surface area contributed by atoms with Gasteiger partial charge in [0.1, 0.15) is 46.0 Å². The maximum atomic E-state index is 16.6. The van der Waals surface area contributed by atoms with Gasteiger partial charge in [0.25, 0.3) is 0 Å². The van der Waals surface area contributed by atoms with Gasteiger partial charge in [-0.25, -0.2) is 14.4 Å². The summed E-state index contributed by atoms with van der Waals surface area (Å²) in [5.41, 5.74) is 2.71. The molecule has 3 aliphatic heterocycles. The number of likely N-dealkylation sites (N-methyl/N-ethyl adjacent to an activating group) is 1. The summed E-state index contributed by atoms with van der Waals surface area (Å²) in [6.45, 7) is 6.07. The zero-order valence-corrected chi connectivity index (χ0v) is 28.6. The van der Waals surface area contributed by atoms with E-state index in [1.54, 1.807) is 24.9 Å². The number of carbonyl (C=O) groups is 1. The van der Waals surface area contributed by atoms with Crippen molar-refractivity contribution in [1.29, 1.82) is 0 Å². The highest BCUT2D eigenvalue weighted by Crippen LogP contribution is 2.42. The summed E-state index contributed by atoms with van der Waals surface area (Å²) in [6, 6.07) is 0.764. The van der Waals surface area contributed by atoms with E-state index in [2.05, 4.69) is 29.2 Å². The van der Waals surface area contributed by atoms with Gasteiger partial charge in [-0.3, -0.25) is 14.7 Å². The molecule has 0 bridgehead atoms. The normalized spacial score (nSPS) is 19.2. The molecule has 12 nitrogen and oxygen atoms in total. The van der Waals surface area contributed by atoms with Crippen LogP contribution in [-0.4, -0.2) is 96.4 Å². The number of amides is 1. The van der Waals surface area contributed by atoms with E-state index in [0.717, 1.165) is 44.8 Å². The van der Waals surface area contributed by atoms with E-state index < -0.39 is 28.9 Å². The van der Waals surface area contributed by atoms with Crippen LogP contribution in [0.4, 0.5) is 29.2 Å². The molecule has 7 rings (SSSR count). The second-order valence-corrected chi connectivity index (χ2v) is 13.9. The van der Waals surface area contributed by atoms with E-state index in [4.69, 9.17) is 15.5 Å². The molecule has 3 fully saturated rings. The molecular weight excluding hydrogens is 676 g/mol. The number of rotatable bonds is 8. The van der Waals surface area contributed by atoms with Gasteiger partial charge < -0.3 is 20.3 Å². The molecule has 264 valence electrons. The zero-order valence-electron chi connectivity index (χ0n) is 27.8. The van der Waals surface area contributed by atoms with Crippen LogP contribution in [0.5, 0.6) is 6.01 Å². The summed E-state index contributed by atoms with van der Waals surface area (Å²) in [5, 5.41) is 0.800. The SMILES string of the molecule is Cc1nsc(/C=C/C(=O)N2CCC(N(C)c3nc(OCC45CCCN4CCC5)nc4c(F)c(-c5nc(N)cc(C)c5C(F)(F)F)ncc34)C2)n1. The number of anilines is 2. The number of aromatic nitrogens is 6. The first-order valence-corrected chi connectivity index (χ1v) is 17.2. The Bertz CT molecular complexity index is 1980. The van der Waals surface area contributed by atoms with Crippen LogP contribution < -0.4 is 15.4 Å². The second-order valence-electron chi connectivity index (χ2n) is 13.2. The van der Waals surface area contributed by atoms with E-state index in [1.807, 2.05) is 4.90 Å². The van der Waals surface area contributed by atoms with Crippen LogP contribution in [0.1, 0.15) is 54.1 Å². The summed E-state index contributed by atoms with van der Waals surface area (Å²) in [6.07, 6.45) is 4.08. The van der Waals surface area contributed by atoms with Gasteiger partial charge in [-0.15, -0.1) is 0 Å². The predicted octanol–water partition coefficient (Wildman–Crippen LogP) is 5.05. The number of likely N-dealkylation sites (tertiary alicyclic amines) is 1. The number of ether oxygens (including phenoxy) is 1. The first kappa shape index (κ1) is 34.0. The highest BCUT2D eigenvalue weighted by molar-refractivity contribution is 7.06. The van der Waals surface area contributed by atoms with E-state index >= 15 is 4.39 Å². The van der Waals surface area contributed by atoms with Crippen molar-refractivity contribution in [3.05, 3.63) is 46.1 Å². The number of pyridine rings is 2. The van der Waals surface area contributed by atoms with Crippen molar-refractivity contribution in [2.75, 3.05) is 50.5 Å². The molecular formula is C33H36F4N10O2S. The van der Waals surface area contributed by atoms with Crippen LogP contribution in [-0.2, 0) is 11.0 Å². The quantitative estimate of drug-likeness (QED) is 0.194. The Morgan fingerprint density at radius 2 is 1.90 bits per heavy atom. The molecule has 7 heterocycles. The Hall–Kier alpha value is -4.51. The van der Waals surface area contributed by atoms with Crippen molar-refractivity contribution < 1.29 is 27.1 Å². The number of aryl methyl sites for hydroxylation is 2. The van der Waals surface area contributed by atoms with Crippen LogP contribution in [0.2, 0.25) is 0 Å². The summed E-state index contributed by atoms with van der Waals surface area (Å²) in [7, 11) is 1.77. The Morgan fingerprint density at radius 1 is 1.14 bits per heavy atom. The molecule has 50 heavy (non-hydrogen) atoms. The second kappa shape index (κ2) is 13.0. The molecule has 1 unspecified atom stereocenters. The first-order chi connectivity index (χ1) is 23.8. The lowest BCUT2D eigenvalue weighted by Crippen LogP contribution is -2.43. The molecule has 3 saturated heterocycles. The topological polar surface area (TPSA) is 139 Å². The number of hydrogen-bond acceptors (Lipinski definition) is 12. The molecule has 0 saturated carbocycles. The largest absolute Gasteiger partial charge is 0.461 e. The Kier molecular flexibility index (Phi) is 8.82. The minimum Gasteiger partial charge on any atom is -0.461 e. The summed E-state index contributed by atoms with van der Waals surface area (Å²) < 4.78 is 69.6. The first-order valence-electron chi connectivity index (χ1n) is 16.4.